The van der Waals surface area contributed by atoms with Crippen LogP contribution in [0.1, 0.15) is 48.0 Å². The van der Waals surface area contributed by atoms with Gasteiger partial charge in [0.05, 0.1) is 12.5 Å². The zero-order valence-corrected chi connectivity index (χ0v) is 15.5. The summed E-state index contributed by atoms with van der Waals surface area (Å²) in [6.45, 7) is 3.27. The lowest BCUT2D eigenvalue weighted by molar-refractivity contribution is -0.119. The van der Waals surface area contributed by atoms with Crippen LogP contribution in [0, 0.1) is 0 Å². The fourth-order valence-electron chi connectivity index (χ4n) is 4.22. The molecule has 27 heavy (non-hydrogen) atoms. The van der Waals surface area contributed by atoms with Crippen molar-refractivity contribution in [3.63, 3.8) is 0 Å². The summed E-state index contributed by atoms with van der Waals surface area (Å²) in [6.07, 6.45) is 2.91. The highest BCUT2D eigenvalue weighted by atomic mass is 16.5. The number of fused-ring (bicyclic) bond motifs is 2. The Labute approximate surface area is 159 Å². The molecule has 1 N–H and O–H groups in total. The van der Waals surface area contributed by atoms with Crippen molar-refractivity contribution in [3.05, 3.63) is 59.7 Å². The third-order valence-corrected chi connectivity index (χ3v) is 5.44. The molecule has 140 valence electrons. The van der Waals surface area contributed by atoms with E-state index in [0.717, 1.165) is 42.8 Å². The molecule has 2 heterocycles. The molecule has 2 atom stereocenters. The average Bonchev–Trinajstić information content (AvgIpc) is 2.70. The van der Waals surface area contributed by atoms with E-state index in [1.165, 1.54) is 0 Å². The number of hydrogen-bond acceptors (Lipinski definition) is 3. The van der Waals surface area contributed by atoms with E-state index in [-0.39, 0.29) is 23.8 Å². The fourth-order valence-corrected chi connectivity index (χ4v) is 4.22. The largest absolute Gasteiger partial charge is 0.494 e. The van der Waals surface area contributed by atoms with Crippen molar-refractivity contribution in [1.29, 1.82) is 0 Å². The molecule has 1 fully saturated rings. The van der Waals surface area contributed by atoms with Gasteiger partial charge >= 0.3 is 0 Å². The van der Waals surface area contributed by atoms with Gasteiger partial charge in [0.15, 0.2) is 0 Å². The number of nitrogens with one attached hydrogen (secondary N) is 1. The SMILES string of the molecule is CCOc1ccc(NC(=O)C2c3ccccc3C(=O)N3CCCCC23)cc1. The smallest absolute Gasteiger partial charge is 0.254 e. The van der Waals surface area contributed by atoms with Gasteiger partial charge in [-0.25, -0.2) is 0 Å². The second kappa shape index (κ2) is 7.43. The summed E-state index contributed by atoms with van der Waals surface area (Å²) < 4.78 is 5.45. The van der Waals surface area contributed by atoms with Crippen LogP contribution in [-0.2, 0) is 4.79 Å². The number of benzene rings is 2. The summed E-state index contributed by atoms with van der Waals surface area (Å²) in [4.78, 5) is 28.0. The van der Waals surface area contributed by atoms with Crippen molar-refractivity contribution < 1.29 is 14.3 Å². The summed E-state index contributed by atoms with van der Waals surface area (Å²) in [7, 11) is 0. The zero-order chi connectivity index (χ0) is 18.8. The van der Waals surface area contributed by atoms with E-state index in [4.69, 9.17) is 4.74 Å². The summed E-state index contributed by atoms with van der Waals surface area (Å²) >= 11 is 0. The normalized spacial score (nSPS) is 21.2. The number of carbonyl (C=O) groups is 2. The van der Waals surface area contributed by atoms with Gasteiger partial charge in [0.25, 0.3) is 5.91 Å². The highest BCUT2D eigenvalue weighted by molar-refractivity contribution is 6.04. The Kier molecular flexibility index (Phi) is 4.84. The topological polar surface area (TPSA) is 58.6 Å². The predicted molar refractivity (Wildman–Crippen MR) is 104 cm³/mol. The van der Waals surface area contributed by atoms with Gasteiger partial charge in [-0.1, -0.05) is 18.2 Å². The highest BCUT2D eigenvalue weighted by Crippen LogP contribution is 2.38. The van der Waals surface area contributed by atoms with Crippen LogP contribution in [0.3, 0.4) is 0 Å². The van der Waals surface area contributed by atoms with Gasteiger partial charge in [-0.05, 0) is 62.1 Å². The number of anilines is 1. The van der Waals surface area contributed by atoms with Crippen molar-refractivity contribution >= 4 is 17.5 Å². The van der Waals surface area contributed by atoms with E-state index in [1.54, 1.807) is 0 Å². The summed E-state index contributed by atoms with van der Waals surface area (Å²) in [5.41, 5.74) is 2.23. The molecule has 0 bridgehead atoms. The first kappa shape index (κ1) is 17.6. The monoisotopic (exact) mass is 364 g/mol. The first-order chi connectivity index (χ1) is 13.2. The molecule has 0 aromatic heterocycles. The number of piperidine rings is 1. The molecule has 5 nitrogen and oxygen atoms in total. The average molecular weight is 364 g/mol. The van der Waals surface area contributed by atoms with Crippen molar-refractivity contribution in [2.75, 3.05) is 18.5 Å². The van der Waals surface area contributed by atoms with Crippen LogP contribution in [-0.4, -0.2) is 35.9 Å². The van der Waals surface area contributed by atoms with Crippen LogP contribution in [0.25, 0.3) is 0 Å². The molecule has 2 aromatic carbocycles. The Morgan fingerprint density at radius 1 is 1.15 bits per heavy atom. The van der Waals surface area contributed by atoms with Crippen LogP contribution in [0.5, 0.6) is 5.75 Å². The first-order valence-corrected chi connectivity index (χ1v) is 9.62. The molecule has 0 saturated carbocycles. The molecular formula is C22H24N2O3. The van der Waals surface area contributed by atoms with Crippen molar-refractivity contribution in [1.82, 2.24) is 4.90 Å². The van der Waals surface area contributed by atoms with Crippen LogP contribution < -0.4 is 10.1 Å². The molecule has 4 rings (SSSR count). The number of nitrogens with zero attached hydrogens (tertiary/aromatic N) is 1. The molecule has 1 saturated heterocycles. The molecule has 0 aliphatic carbocycles. The first-order valence-electron chi connectivity index (χ1n) is 9.62. The van der Waals surface area contributed by atoms with Gasteiger partial charge in [-0.2, -0.15) is 0 Å². The van der Waals surface area contributed by atoms with Crippen molar-refractivity contribution in [2.24, 2.45) is 0 Å². The van der Waals surface area contributed by atoms with E-state index in [2.05, 4.69) is 5.32 Å². The number of ether oxygens (including phenoxy) is 1. The van der Waals surface area contributed by atoms with E-state index < -0.39 is 0 Å². The van der Waals surface area contributed by atoms with Gasteiger partial charge in [0.2, 0.25) is 5.91 Å². The molecule has 2 aromatic rings. The summed E-state index contributed by atoms with van der Waals surface area (Å²) in [5.74, 6) is 0.435. The van der Waals surface area contributed by atoms with Gasteiger partial charge in [0.1, 0.15) is 5.75 Å². The minimum absolute atomic E-state index is 0.0559. The minimum atomic E-state index is -0.342. The molecule has 0 spiro atoms. The van der Waals surface area contributed by atoms with Crippen LogP contribution in [0.2, 0.25) is 0 Å². The maximum absolute atomic E-state index is 13.2. The lowest BCUT2D eigenvalue weighted by atomic mass is 9.78. The standard InChI is InChI=1S/C22H24N2O3/c1-2-27-16-12-10-15(11-13-16)23-21(25)20-17-7-3-4-8-18(17)22(26)24-14-6-5-9-19(20)24/h3-4,7-8,10-13,19-20H,2,5-6,9,14H2,1H3,(H,23,25). The second-order valence-electron chi connectivity index (χ2n) is 7.07. The van der Waals surface area contributed by atoms with Crippen molar-refractivity contribution in [3.8, 4) is 5.75 Å². The van der Waals surface area contributed by atoms with E-state index >= 15 is 0 Å². The molecule has 0 radical (unpaired) electrons. The summed E-state index contributed by atoms with van der Waals surface area (Å²) in [5, 5.41) is 3.04. The number of carbonyl (C=O) groups excluding carboxylic acids is 2. The molecule has 2 aliphatic heterocycles. The van der Waals surface area contributed by atoms with E-state index in [0.29, 0.717) is 12.2 Å². The zero-order valence-electron chi connectivity index (χ0n) is 15.5. The highest BCUT2D eigenvalue weighted by Gasteiger charge is 2.43. The van der Waals surface area contributed by atoms with Crippen LogP contribution >= 0.6 is 0 Å². The lowest BCUT2D eigenvalue weighted by Gasteiger charge is -2.44. The fraction of sp³-hybridized carbons (Fsp3) is 0.364. The number of amides is 2. The molecule has 5 heteroatoms. The van der Waals surface area contributed by atoms with Gasteiger partial charge in [-0.3, -0.25) is 9.59 Å². The van der Waals surface area contributed by atoms with E-state index in [9.17, 15) is 9.59 Å². The van der Waals surface area contributed by atoms with Crippen molar-refractivity contribution in [2.45, 2.75) is 38.1 Å². The Morgan fingerprint density at radius 2 is 1.93 bits per heavy atom. The number of rotatable bonds is 4. The maximum atomic E-state index is 13.2. The second-order valence-corrected chi connectivity index (χ2v) is 7.07. The maximum Gasteiger partial charge on any atom is 0.254 e. The molecular weight excluding hydrogens is 340 g/mol. The Balaban J connectivity index is 1.63. The lowest BCUT2D eigenvalue weighted by Crippen LogP contribution is -2.53. The Bertz CT molecular complexity index is 847. The van der Waals surface area contributed by atoms with Crippen LogP contribution in [0.15, 0.2) is 48.5 Å². The predicted octanol–water partition coefficient (Wildman–Crippen LogP) is 3.82. The third kappa shape index (κ3) is 3.29. The van der Waals surface area contributed by atoms with E-state index in [1.807, 2.05) is 60.4 Å². The Morgan fingerprint density at radius 3 is 2.70 bits per heavy atom. The number of hydrogen-bond donors (Lipinski definition) is 1. The minimum Gasteiger partial charge on any atom is -0.494 e. The third-order valence-electron chi connectivity index (χ3n) is 5.44. The van der Waals surface area contributed by atoms with Gasteiger partial charge < -0.3 is 15.0 Å². The van der Waals surface area contributed by atoms with Crippen LogP contribution in [0.4, 0.5) is 5.69 Å². The molecule has 2 aliphatic rings. The van der Waals surface area contributed by atoms with Gasteiger partial charge in [-0.15, -0.1) is 0 Å². The Hall–Kier alpha value is -2.82. The molecule has 2 amide bonds. The summed E-state index contributed by atoms with van der Waals surface area (Å²) in [6, 6.07) is 14.9. The quantitative estimate of drug-likeness (QED) is 0.897. The molecule has 2 unspecified atom stereocenters. The van der Waals surface area contributed by atoms with Gasteiger partial charge in [0, 0.05) is 23.8 Å².